The highest BCUT2D eigenvalue weighted by Crippen LogP contribution is 2.44. The average Bonchev–Trinajstić information content (AvgIpc) is 2.79. The minimum absolute atomic E-state index is 0.0324. The Morgan fingerprint density at radius 1 is 1.35 bits per heavy atom. The van der Waals surface area contributed by atoms with E-state index in [1.807, 2.05) is 0 Å². The Labute approximate surface area is 111 Å². The second-order valence-electron chi connectivity index (χ2n) is 6.13. The van der Waals surface area contributed by atoms with Gasteiger partial charge in [0, 0.05) is 16.4 Å². The maximum Gasteiger partial charge on any atom is 0.126 e. The predicted molar refractivity (Wildman–Crippen MR) is 72.4 cm³/mol. The fourth-order valence-corrected chi connectivity index (χ4v) is 3.15. The van der Waals surface area contributed by atoms with Crippen molar-refractivity contribution in [2.24, 2.45) is 5.73 Å². The number of ether oxygens (including phenoxy) is 1. The van der Waals surface area contributed by atoms with Crippen LogP contribution >= 0.6 is 15.9 Å². The monoisotopic (exact) mass is 295 g/mol. The summed E-state index contributed by atoms with van der Waals surface area (Å²) in [5.74, 6) is 1.08. The summed E-state index contributed by atoms with van der Waals surface area (Å²) in [6, 6.07) is 4.33. The molecule has 0 bridgehead atoms. The normalized spacial score (nSPS) is 23.1. The van der Waals surface area contributed by atoms with Gasteiger partial charge in [-0.05, 0) is 56.4 Å². The number of benzene rings is 1. The number of hydrogen-bond acceptors (Lipinski definition) is 2. The van der Waals surface area contributed by atoms with E-state index < -0.39 is 0 Å². The van der Waals surface area contributed by atoms with Gasteiger partial charge in [0.2, 0.25) is 0 Å². The van der Waals surface area contributed by atoms with Crippen LogP contribution in [-0.2, 0) is 12.8 Å². The average molecular weight is 296 g/mol. The minimum Gasteiger partial charge on any atom is -0.487 e. The molecule has 2 N–H and O–H groups in total. The Bertz CT molecular complexity index is 477. The van der Waals surface area contributed by atoms with Crippen molar-refractivity contribution in [3.8, 4) is 5.75 Å². The third-order valence-corrected chi connectivity index (χ3v) is 4.09. The van der Waals surface area contributed by atoms with Gasteiger partial charge in [0.1, 0.15) is 11.4 Å². The Morgan fingerprint density at radius 2 is 2.06 bits per heavy atom. The molecule has 1 aromatic rings. The van der Waals surface area contributed by atoms with Crippen molar-refractivity contribution in [2.45, 2.75) is 50.7 Å². The smallest absolute Gasteiger partial charge is 0.126 e. The molecule has 0 unspecified atom stereocenters. The first-order valence-corrected chi connectivity index (χ1v) is 6.95. The van der Waals surface area contributed by atoms with Crippen LogP contribution in [0.3, 0.4) is 0 Å². The topological polar surface area (TPSA) is 35.2 Å². The summed E-state index contributed by atoms with van der Waals surface area (Å²) < 4.78 is 7.21. The lowest BCUT2D eigenvalue weighted by atomic mass is 9.98. The Hall–Kier alpha value is -0.540. The van der Waals surface area contributed by atoms with Gasteiger partial charge < -0.3 is 10.5 Å². The molecule has 1 aromatic carbocycles. The summed E-state index contributed by atoms with van der Waals surface area (Å²) in [4.78, 5) is 0. The first-order valence-electron chi connectivity index (χ1n) is 6.16. The number of nitrogens with two attached hydrogens (primary N) is 1. The summed E-state index contributed by atoms with van der Waals surface area (Å²) in [7, 11) is 0. The second-order valence-corrected chi connectivity index (χ2v) is 7.05. The van der Waals surface area contributed by atoms with E-state index in [0.717, 1.165) is 35.9 Å². The Kier molecular flexibility index (Phi) is 2.37. The zero-order valence-corrected chi connectivity index (χ0v) is 11.9. The molecular formula is C14H18BrNO. The molecule has 0 amide bonds. The number of halogens is 1. The highest BCUT2D eigenvalue weighted by molar-refractivity contribution is 9.10. The van der Waals surface area contributed by atoms with E-state index in [9.17, 15) is 0 Å². The van der Waals surface area contributed by atoms with Crippen molar-refractivity contribution in [1.29, 1.82) is 0 Å². The van der Waals surface area contributed by atoms with E-state index in [1.54, 1.807) is 0 Å². The number of rotatable bonds is 2. The van der Waals surface area contributed by atoms with Gasteiger partial charge in [0.25, 0.3) is 0 Å². The SMILES string of the molecule is CC1(C)Cc2cc(Br)cc(CC3(N)CC3)c2O1. The van der Waals surface area contributed by atoms with Gasteiger partial charge in [-0.15, -0.1) is 0 Å². The third kappa shape index (κ3) is 2.23. The van der Waals surface area contributed by atoms with Gasteiger partial charge in [0.05, 0.1) is 0 Å². The van der Waals surface area contributed by atoms with Crippen LogP contribution in [0.25, 0.3) is 0 Å². The van der Waals surface area contributed by atoms with Crippen molar-refractivity contribution < 1.29 is 4.74 Å². The fourth-order valence-electron chi connectivity index (χ4n) is 2.59. The predicted octanol–water partition coefficient (Wildman–Crippen LogP) is 3.20. The van der Waals surface area contributed by atoms with E-state index >= 15 is 0 Å². The first-order chi connectivity index (χ1) is 7.87. The molecule has 2 aliphatic rings. The summed E-state index contributed by atoms with van der Waals surface area (Å²) >= 11 is 3.58. The molecule has 1 saturated carbocycles. The Morgan fingerprint density at radius 3 is 2.71 bits per heavy atom. The molecule has 0 spiro atoms. The van der Waals surface area contributed by atoms with Gasteiger partial charge in [0.15, 0.2) is 0 Å². The Balaban J connectivity index is 1.99. The second kappa shape index (κ2) is 3.48. The van der Waals surface area contributed by atoms with Crippen LogP contribution in [0.15, 0.2) is 16.6 Å². The van der Waals surface area contributed by atoms with E-state index in [-0.39, 0.29) is 11.1 Å². The van der Waals surface area contributed by atoms with Gasteiger partial charge in [-0.1, -0.05) is 15.9 Å². The standard InChI is InChI=1S/C14H18BrNO/c1-13(2)7-9-5-11(15)6-10(12(9)17-13)8-14(16)3-4-14/h5-6H,3-4,7-8,16H2,1-2H3. The molecule has 2 nitrogen and oxygen atoms in total. The maximum absolute atomic E-state index is 6.22. The largest absolute Gasteiger partial charge is 0.487 e. The number of hydrogen-bond donors (Lipinski definition) is 1. The lowest BCUT2D eigenvalue weighted by Crippen LogP contribution is -2.26. The van der Waals surface area contributed by atoms with Gasteiger partial charge in [-0.25, -0.2) is 0 Å². The van der Waals surface area contributed by atoms with Gasteiger partial charge in [-0.3, -0.25) is 0 Å². The molecule has 3 rings (SSSR count). The van der Waals surface area contributed by atoms with Gasteiger partial charge >= 0.3 is 0 Å². The molecule has 1 aliphatic carbocycles. The van der Waals surface area contributed by atoms with Crippen molar-refractivity contribution in [1.82, 2.24) is 0 Å². The lowest BCUT2D eigenvalue weighted by Gasteiger charge is -2.19. The highest BCUT2D eigenvalue weighted by Gasteiger charge is 2.40. The van der Waals surface area contributed by atoms with Crippen LogP contribution < -0.4 is 10.5 Å². The summed E-state index contributed by atoms with van der Waals surface area (Å²) in [6.45, 7) is 4.28. The highest BCUT2D eigenvalue weighted by atomic mass is 79.9. The van der Waals surface area contributed by atoms with Crippen molar-refractivity contribution in [3.63, 3.8) is 0 Å². The van der Waals surface area contributed by atoms with Crippen LogP contribution in [-0.4, -0.2) is 11.1 Å². The quantitative estimate of drug-likeness (QED) is 0.909. The molecule has 0 atom stereocenters. The number of fused-ring (bicyclic) bond motifs is 1. The molecule has 0 aromatic heterocycles. The van der Waals surface area contributed by atoms with Crippen LogP contribution in [0, 0.1) is 0 Å². The third-order valence-electron chi connectivity index (χ3n) is 3.64. The van der Waals surface area contributed by atoms with Crippen LogP contribution in [0.4, 0.5) is 0 Å². The summed E-state index contributed by atoms with van der Waals surface area (Å²) in [6.07, 6.45) is 4.19. The molecule has 1 fully saturated rings. The molecule has 17 heavy (non-hydrogen) atoms. The van der Waals surface area contributed by atoms with E-state index in [1.165, 1.54) is 11.1 Å². The zero-order chi connectivity index (χ0) is 12.3. The lowest BCUT2D eigenvalue weighted by molar-refractivity contribution is 0.137. The van der Waals surface area contributed by atoms with Gasteiger partial charge in [-0.2, -0.15) is 0 Å². The summed E-state index contributed by atoms with van der Waals surface area (Å²) in [5, 5.41) is 0. The molecule has 1 heterocycles. The van der Waals surface area contributed by atoms with Crippen LogP contribution in [0.5, 0.6) is 5.75 Å². The first kappa shape index (κ1) is 11.5. The molecular weight excluding hydrogens is 278 g/mol. The van der Waals surface area contributed by atoms with Crippen LogP contribution in [0.2, 0.25) is 0 Å². The maximum atomic E-state index is 6.22. The fraction of sp³-hybridized carbons (Fsp3) is 0.571. The molecule has 92 valence electrons. The zero-order valence-electron chi connectivity index (χ0n) is 10.3. The van der Waals surface area contributed by atoms with E-state index in [0.29, 0.717) is 0 Å². The van der Waals surface area contributed by atoms with Crippen molar-refractivity contribution >= 4 is 15.9 Å². The molecule has 0 saturated heterocycles. The van der Waals surface area contributed by atoms with Crippen molar-refractivity contribution in [3.05, 3.63) is 27.7 Å². The minimum atomic E-state index is -0.0802. The molecule has 0 radical (unpaired) electrons. The molecule has 1 aliphatic heterocycles. The van der Waals surface area contributed by atoms with E-state index in [4.69, 9.17) is 10.5 Å². The molecule has 3 heteroatoms. The van der Waals surface area contributed by atoms with Crippen molar-refractivity contribution in [2.75, 3.05) is 0 Å². The van der Waals surface area contributed by atoms with E-state index in [2.05, 4.69) is 41.9 Å². The van der Waals surface area contributed by atoms with Crippen LogP contribution in [0.1, 0.15) is 37.8 Å². The summed E-state index contributed by atoms with van der Waals surface area (Å²) in [5.41, 5.74) is 8.74.